The molecule has 104 valence electrons. The van der Waals surface area contributed by atoms with Crippen molar-refractivity contribution in [3.05, 3.63) is 28.2 Å². The van der Waals surface area contributed by atoms with E-state index in [1.54, 1.807) is 0 Å². The Hall–Kier alpha value is -1.07. The van der Waals surface area contributed by atoms with Crippen LogP contribution in [0.3, 0.4) is 0 Å². The van der Waals surface area contributed by atoms with Crippen LogP contribution in [0.4, 0.5) is 5.69 Å². The number of benzene rings is 1. The largest absolute Gasteiger partial charge is 0.382 e. The maximum atomic E-state index is 11.5. The number of carbonyl (C=O) groups excluding carboxylic acids is 1. The monoisotopic (exact) mass is 325 g/mol. The van der Waals surface area contributed by atoms with Crippen molar-refractivity contribution in [2.75, 3.05) is 12.4 Å². The fourth-order valence-corrected chi connectivity index (χ4v) is 3.20. The Morgan fingerprint density at radius 3 is 2.47 bits per heavy atom. The molecule has 1 aromatic carbocycles. The van der Waals surface area contributed by atoms with Gasteiger partial charge in [-0.15, -0.1) is 0 Å². The molecule has 0 saturated heterocycles. The zero-order valence-corrected chi connectivity index (χ0v) is 12.7. The quantitative estimate of drug-likeness (QED) is 0.796. The molecule has 2 rings (SSSR count). The summed E-state index contributed by atoms with van der Waals surface area (Å²) in [7, 11) is 2.01. The van der Waals surface area contributed by atoms with Crippen molar-refractivity contribution in [1.29, 1.82) is 0 Å². The average molecular weight is 326 g/mol. The molecule has 1 aromatic rings. The van der Waals surface area contributed by atoms with Crippen molar-refractivity contribution in [2.24, 2.45) is 5.73 Å². The van der Waals surface area contributed by atoms with Gasteiger partial charge in [0, 0.05) is 22.2 Å². The highest BCUT2D eigenvalue weighted by atomic mass is 79.9. The Kier molecular flexibility index (Phi) is 4.82. The van der Waals surface area contributed by atoms with Crippen LogP contribution in [0.2, 0.25) is 0 Å². The highest BCUT2D eigenvalue weighted by Crippen LogP contribution is 2.28. The van der Waals surface area contributed by atoms with Gasteiger partial charge in [0.1, 0.15) is 0 Å². The molecule has 0 unspecified atom stereocenters. The van der Waals surface area contributed by atoms with Crippen LogP contribution in [0.25, 0.3) is 0 Å². The van der Waals surface area contributed by atoms with E-state index in [0.29, 0.717) is 17.6 Å². The first kappa shape index (κ1) is 14.3. The molecule has 0 aromatic heterocycles. The molecule has 0 atom stereocenters. The molecular weight excluding hydrogens is 306 g/mol. The smallest absolute Gasteiger partial charge is 0.251 e. The Balaban J connectivity index is 2.08. The third kappa shape index (κ3) is 3.48. The van der Waals surface area contributed by atoms with E-state index in [4.69, 9.17) is 5.73 Å². The van der Waals surface area contributed by atoms with Crippen LogP contribution in [0, 0.1) is 0 Å². The van der Waals surface area contributed by atoms with Crippen LogP contribution in [0.5, 0.6) is 0 Å². The molecule has 1 amide bonds. The predicted octanol–water partition coefficient (Wildman–Crippen LogP) is 2.49. The Labute approximate surface area is 122 Å². The second-order valence-corrected chi connectivity index (χ2v) is 5.86. The third-order valence-corrected chi connectivity index (χ3v) is 4.42. The summed E-state index contributed by atoms with van der Waals surface area (Å²) in [6, 6.07) is 6.70. The Morgan fingerprint density at radius 1 is 1.26 bits per heavy atom. The highest BCUT2D eigenvalue weighted by molar-refractivity contribution is 9.10. The van der Waals surface area contributed by atoms with Gasteiger partial charge in [-0.05, 0) is 60.8 Å². The summed E-state index contributed by atoms with van der Waals surface area (Å²) < 4.78 is 0.744. The summed E-state index contributed by atoms with van der Waals surface area (Å²) in [5, 5.41) is 6.78. The number of rotatable bonds is 4. The third-order valence-electron chi connectivity index (χ3n) is 3.76. The lowest BCUT2D eigenvalue weighted by molar-refractivity contribution is 0.100. The number of hydrogen-bond acceptors (Lipinski definition) is 3. The van der Waals surface area contributed by atoms with Crippen molar-refractivity contribution >= 4 is 27.5 Å². The molecular formula is C14H20BrN3O. The Bertz CT molecular complexity index is 456. The van der Waals surface area contributed by atoms with Crippen LogP contribution in [0.1, 0.15) is 36.0 Å². The molecule has 4 N–H and O–H groups in total. The van der Waals surface area contributed by atoms with Crippen molar-refractivity contribution in [3.8, 4) is 0 Å². The zero-order chi connectivity index (χ0) is 13.8. The van der Waals surface area contributed by atoms with Gasteiger partial charge in [-0.25, -0.2) is 0 Å². The molecule has 1 saturated carbocycles. The first-order chi connectivity index (χ1) is 9.11. The van der Waals surface area contributed by atoms with E-state index in [0.717, 1.165) is 35.8 Å². The fourth-order valence-electron chi connectivity index (χ4n) is 2.64. The van der Waals surface area contributed by atoms with Crippen molar-refractivity contribution in [2.45, 2.75) is 37.8 Å². The molecule has 0 radical (unpaired) electrons. The van der Waals surface area contributed by atoms with E-state index >= 15 is 0 Å². The number of nitrogens with two attached hydrogens (primary N) is 1. The molecule has 1 fully saturated rings. The second kappa shape index (κ2) is 6.39. The topological polar surface area (TPSA) is 67.2 Å². The van der Waals surface area contributed by atoms with Gasteiger partial charge in [0.05, 0.1) is 5.56 Å². The molecule has 0 spiro atoms. The molecule has 5 heteroatoms. The number of primary amides is 1. The lowest BCUT2D eigenvalue weighted by Crippen LogP contribution is -2.35. The van der Waals surface area contributed by atoms with Gasteiger partial charge in [-0.3, -0.25) is 4.79 Å². The molecule has 1 aliphatic carbocycles. The van der Waals surface area contributed by atoms with Crippen molar-refractivity contribution in [1.82, 2.24) is 5.32 Å². The van der Waals surface area contributed by atoms with Gasteiger partial charge < -0.3 is 16.4 Å². The van der Waals surface area contributed by atoms with Gasteiger partial charge in [0.15, 0.2) is 0 Å². The lowest BCUT2D eigenvalue weighted by atomic mass is 9.91. The summed E-state index contributed by atoms with van der Waals surface area (Å²) in [5.41, 5.74) is 6.81. The van der Waals surface area contributed by atoms with Gasteiger partial charge in [0.25, 0.3) is 5.91 Å². The normalized spacial score (nSPS) is 23.1. The second-order valence-electron chi connectivity index (χ2n) is 5.01. The summed E-state index contributed by atoms with van der Waals surface area (Å²) in [6.45, 7) is 0. The Morgan fingerprint density at radius 2 is 1.89 bits per heavy atom. The van der Waals surface area contributed by atoms with E-state index in [1.807, 2.05) is 25.2 Å². The SMILES string of the molecule is CNC1CCC(Nc2cccc(Br)c2C(N)=O)CC1. The zero-order valence-electron chi connectivity index (χ0n) is 11.1. The minimum absolute atomic E-state index is 0.404. The minimum Gasteiger partial charge on any atom is -0.382 e. The molecule has 19 heavy (non-hydrogen) atoms. The molecule has 4 nitrogen and oxygen atoms in total. The maximum Gasteiger partial charge on any atom is 0.251 e. The van der Waals surface area contributed by atoms with E-state index in [-0.39, 0.29) is 0 Å². The van der Waals surface area contributed by atoms with Crippen LogP contribution in [-0.2, 0) is 0 Å². The van der Waals surface area contributed by atoms with E-state index in [9.17, 15) is 4.79 Å². The van der Waals surface area contributed by atoms with Gasteiger partial charge >= 0.3 is 0 Å². The van der Waals surface area contributed by atoms with Crippen LogP contribution >= 0.6 is 15.9 Å². The lowest BCUT2D eigenvalue weighted by Gasteiger charge is -2.30. The van der Waals surface area contributed by atoms with Crippen molar-refractivity contribution in [3.63, 3.8) is 0 Å². The number of nitrogens with one attached hydrogen (secondary N) is 2. The maximum absolute atomic E-state index is 11.5. The number of hydrogen-bond donors (Lipinski definition) is 3. The number of carbonyl (C=O) groups is 1. The minimum atomic E-state index is -0.404. The number of amides is 1. The van der Waals surface area contributed by atoms with Crippen LogP contribution in [-0.4, -0.2) is 25.0 Å². The van der Waals surface area contributed by atoms with E-state index in [1.165, 1.54) is 0 Å². The highest BCUT2D eigenvalue weighted by Gasteiger charge is 2.21. The summed E-state index contributed by atoms with van der Waals surface area (Å²) in [6.07, 6.45) is 4.54. The average Bonchev–Trinajstić information content (AvgIpc) is 2.39. The number of halogens is 1. The summed E-state index contributed by atoms with van der Waals surface area (Å²) >= 11 is 3.38. The van der Waals surface area contributed by atoms with Crippen LogP contribution < -0.4 is 16.4 Å². The van der Waals surface area contributed by atoms with Crippen molar-refractivity contribution < 1.29 is 4.79 Å². The molecule has 0 aliphatic heterocycles. The van der Waals surface area contributed by atoms with Crippen LogP contribution in [0.15, 0.2) is 22.7 Å². The molecule has 1 aliphatic rings. The standard InChI is InChI=1S/C14H20BrN3O/c1-17-9-5-7-10(8-6-9)18-12-4-2-3-11(15)13(12)14(16)19/h2-4,9-10,17-18H,5-8H2,1H3,(H2,16,19). The fraction of sp³-hybridized carbons (Fsp3) is 0.500. The van der Waals surface area contributed by atoms with Gasteiger partial charge in [-0.2, -0.15) is 0 Å². The molecule has 0 heterocycles. The number of anilines is 1. The van der Waals surface area contributed by atoms with E-state index in [2.05, 4.69) is 26.6 Å². The van der Waals surface area contributed by atoms with Gasteiger partial charge in [0.2, 0.25) is 0 Å². The molecule has 0 bridgehead atoms. The summed E-state index contributed by atoms with van der Waals surface area (Å²) in [4.78, 5) is 11.5. The first-order valence-corrected chi connectivity index (χ1v) is 7.43. The summed E-state index contributed by atoms with van der Waals surface area (Å²) in [5.74, 6) is -0.404. The first-order valence-electron chi connectivity index (χ1n) is 6.64. The van der Waals surface area contributed by atoms with E-state index < -0.39 is 5.91 Å². The van der Waals surface area contributed by atoms with Gasteiger partial charge in [-0.1, -0.05) is 6.07 Å². The predicted molar refractivity (Wildman–Crippen MR) is 81.4 cm³/mol.